The van der Waals surface area contributed by atoms with E-state index in [2.05, 4.69) is 15.8 Å². The zero-order valence-electron chi connectivity index (χ0n) is 23.4. The number of carbonyl (C=O) groups excluding carboxylic acids is 4. The monoisotopic (exact) mass is 585 g/mol. The summed E-state index contributed by atoms with van der Waals surface area (Å²) in [5.41, 5.74) is 3.86. The number of rotatable bonds is 11. The first-order valence-corrected chi connectivity index (χ1v) is 12.9. The molecule has 4 rings (SSSR count). The van der Waals surface area contributed by atoms with Gasteiger partial charge in [-0.1, -0.05) is 6.07 Å². The van der Waals surface area contributed by atoms with Gasteiger partial charge in [-0.2, -0.15) is 5.10 Å². The molecule has 2 N–H and O–H groups in total. The van der Waals surface area contributed by atoms with Crippen molar-refractivity contribution in [3.63, 3.8) is 0 Å². The maximum Gasteiger partial charge on any atom is 0.379 e. The molecule has 12 heteroatoms. The number of hydrogen-bond acceptors (Lipinski definition) is 10. The van der Waals surface area contributed by atoms with Crippen LogP contribution in [0, 0.1) is 0 Å². The molecule has 43 heavy (non-hydrogen) atoms. The molecule has 0 fully saturated rings. The van der Waals surface area contributed by atoms with Gasteiger partial charge >= 0.3 is 11.9 Å². The highest BCUT2D eigenvalue weighted by molar-refractivity contribution is 6.05. The lowest BCUT2D eigenvalue weighted by atomic mass is 10.1. The number of methoxy groups -OCH3 is 1. The van der Waals surface area contributed by atoms with E-state index in [9.17, 15) is 19.2 Å². The van der Waals surface area contributed by atoms with Crippen molar-refractivity contribution in [3.05, 3.63) is 102 Å². The summed E-state index contributed by atoms with van der Waals surface area (Å²) in [5, 5.41) is 6.71. The van der Waals surface area contributed by atoms with Gasteiger partial charge in [-0.15, -0.1) is 0 Å². The van der Waals surface area contributed by atoms with Gasteiger partial charge in [-0.05, 0) is 79.2 Å². The molecule has 1 heterocycles. The Morgan fingerprint density at radius 3 is 2.33 bits per heavy atom. The molecule has 220 valence electrons. The molecular formula is C31H27N3O9. The van der Waals surface area contributed by atoms with Gasteiger partial charge in [0.05, 0.1) is 26.2 Å². The smallest absolute Gasteiger partial charge is 0.379 e. The molecule has 0 spiro atoms. The molecule has 4 aromatic rings. The normalized spacial score (nSPS) is 10.6. The Morgan fingerprint density at radius 1 is 0.837 bits per heavy atom. The number of anilines is 1. The first-order chi connectivity index (χ1) is 20.8. The molecule has 0 bridgehead atoms. The van der Waals surface area contributed by atoms with E-state index < -0.39 is 23.8 Å². The number of benzene rings is 3. The Bertz CT molecular complexity index is 1660. The number of carbonyl (C=O) groups is 4. The Kier molecular flexibility index (Phi) is 9.87. The molecule has 0 aliphatic rings. The second-order valence-electron chi connectivity index (χ2n) is 8.70. The lowest BCUT2D eigenvalue weighted by Gasteiger charge is -2.11. The number of nitrogens with zero attached hydrogens (tertiary/aromatic N) is 1. The van der Waals surface area contributed by atoms with Gasteiger partial charge in [-0.3, -0.25) is 14.4 Å². The highest BCUT2D eigenvalue weighted by Crippen LogP contribution is 2.30. The highest BCUT2D eigenvalue weighted by atomic mass is 16.6. The average molecular weight is 586 g/mol. The molecule has 0 aliphatic carbocycles. The van der Waals surface area contributed by atoms with Crippen LogP contribution in [-0.4, -0.2) is 43.7 Å². The van der Waals surface area contributed by atoms with Crippen LogP contribution in [0.3, 0.4) is 0 Å². The SMILES string of the molecule is CCOc1cc(C=NNC(=O)c2cccc(NC(=O)c3ccc(OC(C)=O)c(OC)c3)c2)ccc1OC(=O)c1ccco1. The lowest BCUT2D eigenvalue weighted by molar-refractivity contribution is -0.132. The second kappa shape index (κ2) is 14.1. The van der Waals surface area contributed by atoms with Crippen LogP contribution < -0.4 is 29.7 Å². The minimum atomic E-state index is -0.671. The van der Waals surface area contributed by atoms with Crippen molar-refractivity contribution in [3.8, 4) is 23.0 Å². The zero-order chi connectivity index (χ0) is 30.8. The molecule has 0 radical (unpaired) electrons. The summed E-state index contributed by atoms with van der Waals surface area (Å²) >= 11 is 0. The van der Waals surface area contributed by atoms with Gasteiger partial charge in [-0.25, -0.2) is 10.2 Å². The summed E-state index contributed by atoms with van der Waals surface area (Å²) in [6, 6.07) is 18.5. The number of hydrazone groups is 1. The molecular weight excluding hydrogens is 558 g/mol. The third-order valence-corrected chi connectivity index (χ3v) is 5.63. The third kappa shape index (κ3) is 8.07. The van der Waals surface area contributed by atoms with Crippen molar-refractivity contribution < 1.29 is 42.5 Å². The molecule has 0 saturated carbocycles. The van der Waals surface area contributed by atoms with E-state index in [0.717, 1.165) is 0 Å². The Hall–Kier alpha value is -5.91. The van der Waals surface area contributed by atoms with Crippen LogP contribution in [0.4, 0.5) is 5.69 Å². The first-order valence-electron chi connectivity index (χ1n) is 12.9. The summed E-state index contributed by atoms with van der Waals surface area (Å²) in [4.78, 5) is 49.0. The van der Waals surface area contributed by atoms with E-state index in [0.29, 0.717) is 23.6 Å². The van der Waals surface area contributed by atoms with Crippen LogP contribution in [0.15, 0.2) is 88.6 Å². The number of hydrogen-bond donors (Lipinski definition) is 2. The van der Waals surface area contributed by atoms with Gasteiger partial charge in [0.1, 0.15) is 0 Å². The van der Waals surface area contributed by atoms with E-state index in [1.807, 2.05) is 0 Å². The molecule has 0 aliphatic heterocycles. The Labute approximate surface area is 246 Å². The number of furan rings is 1. The summed E-state index contributed by atoms with van der Waals surface area (Å²) in [6.07, 6.45) is 2.77. The van der Waals surface area contributed by atoms with Crippen molar-refractivity contribution in [2.24, 2.45) is 5.10 Å². The van der Waals surface area contributed by atoms with Crippen LogP contribution in [0.2, 0.25) is 0 Å². The topological polar surface area (TPSA) is 155 Å². The van der Waals surface area contributed by atoms with Crippen molar-refractivity contribution in [2.45, 2.75) is 13.8 Å². The van der Waals surface area contributed by atoms with Crippen molar-refractivity contribution in [1.29, 1.82) is 0 Å². The third-order valence-electron chi connectivity index (χ3n) is 5.63. The number of ether oxygens (including phenoxy) is 4. The quantitative estimate of drug-likeness (QED) is 0.109. The standard InChI is InChI=1S/C31H27N3O9/c1-4-40-28-15-20(10-12-25(28)43-31(38)26-9-6-14-41-26)18-32-34-30(37)21-7-5-8-23(16-21)33-29(36)22-11-13-24(42-19(2)35)27(17-22)39-3/h5-18H,4H2,1-3H3,(H,33,36)(H,34,37). The highest BCUT2D eigenvalue weighted by Gasteiger charge is 2.16. The van der Waals surface area contributed by atoms with Crippen LogP contribution in [0.25, 0.3) is 0 Å². The summed E-state index contributed by atoms with van der Waals surface area (Å²) in [6.45, 7) is 3.37. The van der Waals surface area contributed by atoms with E-state index >= 15 is 0 Å². The van der Waals surface area contributed by atoms with Gasteiger partial charge < -0.3 is 28.7 Å². The summed E-state index contributed by atoms with van der Waals surface area (Å²) < 4.78 is 26.3. The lowest BCUT2D eigenvalue weighted by Crippen LogP contribution is -2.18. The van der Waals surface area contributed by atoms with E-state index in [1.165, 1.54) is 56.8 Å². The molecule has 0 unspecified atom stereocenters. The molecule has 12 nitrogen and oxygen atoms in total. The fraction of sp³-hybridized carbons (Fsp3) is 0.129. The molecule has 2 amide bonds. The molecule has 1 aromatic heterocycles. The maximum atomic E-state index is 12.8. The van der Waals surface area contributed by atoms with Crippen molar-refractivity contribution in [1.82, 2.24) is 5.43 Å². The van der Waals surface area contributed by atoms with Gasteiger partial charge in [0.2, 0.25) is 5.76 Å². The number of amides is 2. The largest absolute Gasteiger partial charge is 0.493 e. The molecule has 0 atom stereocenters. The van der Waals surface area contributed by atoms with Crippen LogP contribution in [0.1, 0.15) is 50.7 Å². The van der Waals surface area contributed by atoms with E-state index in [-0.39, 0.29) is 34.1 Å². The van der Waals surface area contributed by atoms with Crippen LogP contribution in [0.5, 0.6) is 23.0 Å². The fourth-order valence-electron chi connectivity index (χ4n) is 3.72. The van der Waals surface area contributed by atoms with Crippen LogP contribution in [-0.2, 0) is 4.79 Å². The van der Waals surface area contributed by atoms with E-state index in [4.69, 9.17) is 23.4 Å². The molecule has 0 saturated heterocycles. The van der Waals surface area contributed by atoms with Crippen molar-refractivity contribution in [2.75, 3.05) is 19.0 Å². The van der Waals surface area contributed by atoms with Crippen LogP contribution >= 0.6 is 0 Å². The van der Waals surface area contributed by atoms with Gasteiger partial charge in [0.25, 0.3) is 11.8 Å². The average Bonchev–Trinajstić information content (AvgIpc) is 3.54. The molecule has 3 aromatic carbocycles. The predicted octanol–water partition coefficient (Wildman–Crippen LogP) is 4.85. The summed E-state index contributed by atoms with van der Waals surface area (Å²) in [5.74, 6) is -1.23. The van der Waals surface area contributed by atoms with Crippen molar-refractivity contribution >= 4 is 35.7 Å². The second-order valence-corrected chi connectivity index (χ2v) is 8.70. The number of esters is 2. The minimum Gasteiger partial charge on any atom is -0.493 e. The first kappa shape index (κ1) is 30.1. The Balaban J connectivity index is 1.39. The van der Waals surface area contributed by atoms with Gasteiger partial charge in [0, 0.05) is 23.7 Å². The zero-order valence-corrected chi connectivity index (χ0v) is 23.4. The number of nitrogens with one attached hydrogen (secondary N) is 2. The minimum absolute atomic E-state index is 0.0505. The van der Waals surface area contributed by atoms with Gasteiger partial charge in [0.15, 0.2) is 23.0 Å². The fourth-order valence-corrected chi connectivity index (χ4v) is 3.72. The summed E-state index contributed by atoms with van der Waals surface area (Å²) in [7, 11) is 1.39. The predicted molar refractivity (Wildman–Crippen MR) is 155 cm³/mol. The van der Waals surface area contributed by atoms with E-state index in [1.54, 1.807) is 49.4 Å². The maximum absolute atomic E-state index is 12.8. The Morgan fingerprint density at radius 2 is 1.60 bits per heavy atom.